The Morgan fingerprint density at radius 2 is 1.93 bits per heavy atom. The van der Waals surface area contributed by atoms with E-state index in [0.29, 0.717) is 6.10 Å². The first-order valence-electron chi connectivity index (χ1n) is 6.69. The van der Waals surface area contributed by atoms with Crippen molar-refractivity contribution in [3.63, 3.8) is 0 Å². The maximum absolute atomic E-state index is 5.62. The van der Waals surface area contributed by atoms with Crippen LogP contribution in [0.25, 0.3) is 0 Å². The first-order valence-corrected chi connectivity index (χ1v) is 6.69. The van der Waals surface area contributed by atoms with Crippen molar-refractivity contribution in [3.8, 4) is 0 Å². The molecule has 1 atom stereocenters. The summed E-state index contributed by atoms with van der Waals surface area (Å²) in [7, 11) is 0. The number of hydrogen-bond acceptors (Lipinski definition) is 2. The summed E-state index contributed by atoms with van der Waals surface area (Å²) in [5, 5.41) is 0. The lowest BCUT2D eigenvalue weighted by Gasteiger charge is -2.29. The highest BCUT2D eigenvalue weighted by molar-refractivity contribution is 4.88. The normalized spacial score (nSPS) is 29.8. The molecule has 0 bridgehead atoms. The first kappa shape index (κ1) is 11.4. The Kier molecular flexibility index (Phi) is 4.04. The fraction of sp³-hybridized carbons (Fsp3) is 1.00. The highest BCUT2D eigenvalue weighted by Gasteiger charge is 2.42. The molecule has 0 aromatic carbocycles. The predicted octanol–water partition coefficient (Wildman–Crippen LogP) is 3.99. The average Bonchev–Trinajstić information content (AvgIpc) is 2.63. The minimum atomic E-state index is 0.120. The maximum atomic E-state index is 5.62. The Morgan fingerprint density at radius 1 is 1.13 bits per heavy atom. The quantitative estimate of drug-likeness (QED) is 0.518. The van der Waals surface area contributed by atoms with Crippen molar-refractivity contribution in [2.45, 2.75) is 82.8 Å². The van der Waals surface area contributed by atoms with E-state index in [1.54, 1.807) is 0 Å². The molecule has 0 amide bonds. The first-order chi connectivity index (χ1) is 7.35. The Balaban J connectivity index is 1.73. The third-order valence-electron chi connectivity index (χ3n) is 3.86. The van der Waals surface area contributed by atoms with Crippen LogP contribution in [0.2, 0.25) is 0 Å². The molecule has 1 heterocycles. The van der Waals surface area contributed by atoms with Crippen molar-refractivity contribution in [2.24, 2.45) is 0 Å². The van der Waals surface area contributed by atoms with Gasteiger partial charge in [-0.25, -0.2) is 9.78 Å². The van der Waals surface area contributed by atoms with Gasteiger partial charge < -0.3 is 0 Å². The highest BCUT2D eigenvalue weighted by Crippen LogP contribution is 2.41. The van der Waals surface area contributed by atoms with E-state index >= 15 is 0 Å². The number of hydrogen-bond donors (Lipinski definition) is 0. The van der Waals surface area contributed by atoms with Crippen LogP contribution in [-0.4, -0.2) is 11.7 Å². The van der Waals surface area contributed by atoms with Crippen LogP contribution < -0.4 is 0 Å². The van der Waals surface area contributed by atoms with Crippen molar-refractivity contribution in [1.29, 1.82) is 0 Å². The van der Waals surface area contributed by atoms with Crippen LogP contribution in [0.15, 0.2) is 0 Å². The molecule has 0 aromatic rings. The van der Waals surface area contributed by atoms with Crippen LogP contribution in [0, 0.1) is 0 Å². The maximum Gasteiger partial charge on any atom is 0.106 e. The SMILES string of the molecule is CCCCCC1CC2(CCCCC2)OO1. The fourth-order valence-corrected chi connectivity index (χ4v) is 2.91. The third kappa shape index (κ3) is 2.94. The van der Waals surface area contributed by atoms with E-state index in [0.717, 1.165) is 6.42 Å². The Labute approximate surface area is 93.3 Å². The van der Waals surface area contributed by atoms with Gasteiger partial charge in [-0.1, -0.05) is 45.4 Å². The average molecular weight is 212 g/mol. The van der Waals surface area contributed by atoms with E-state index in [1.807, 2.05) is 0 Å². The van der Waals surface area contributed by atoms with Crippen LogP contribution in [0.4, 0.5) is 0 Å². The molecule has 88 valence electrons. The van der Waals surface area contributed by atoms with Gasteiger partial charge in [0, 0.05) is 6.42 Å². The summed E-state index contributed by atoms with van der Waals surface area (Å²) in [6, 6.07) is 0. The number of unbranched alkanes of at least 4 members (excludes halogenated alkanes) is 2. The van der Waals surface area contributed by atoms with Crippen molar-refractivity contribution in [1.82, 2.24) is 0 Å². The molecular formula is C13H24O2. The van der Waals surface area contributed by atoms with Crippen LogP contribution in [0.3, 0.4) is 0 Å². The molecule has 0 N–H and O–H groups in total. The van der Waals surface area contributed by atoms with Gasteiger partial charge in [-0.15, -0.1) is 0 Å². The number of rotatable bonds is 4. The van der Waals surface area contributed by atoms with Gasteiger partial charge in [0.25, 0.3) is 0 Å². The molecule has 1 aliphatic heterocycles. The van der Waals surface area contributed by atoms with Crippen molar-refractivity contribution >= 4 is 0 Å². The smallest absolute Gasteiger partial charge is 0.106 e. The second-order valence-corrected chi connectivity index (χ2v) is 5.25. The molecule has 2 nitrogen and oxygen atoms in total. The second kappa shape index (κ2) is 5.31. The molecule has 1 saturated heterocycles. The van der Waals surface area contributed by atoms with Gasteiger partial charge in [-0.2, -0.15) is 0 Å². The van der Waals surface area contributed by atoms with Crippen molar-refractivity contribution < 1.29 is 9.78 Å². The van der Waals surface area contributed by atoms with Crippen LogP contribution in [0.1, 0.15) is 71.1 Å². The van der Waals surface area contributed by atoms with E-state index in [4.69, 9.17) is 9.78 Å². The second-order valence-electron chi connectivity index (χ2n) is 5.25. The molecule has 2 aliphatic rings. The summed E-state index contributed by atoms with van der Waals surface area (Å²) in [5.41, 5.74) is 0.120. The zero-order valence-electron chi connectivity index (χ0n) is 9.96. The molecule has 1 unspecified atom stereocenters. The van der Waals surface area contributed by atoms with Gasteiger partial charge in [0.05, 0.1) is 6.10 Å². The van der Waals surface area contributed by atoms with Gasteiger partial charge in [0.2, 0.25) is 0 Å². The van der Waals surface area contributed by atoms with E-state index in [1.165, 1.54) is 57.8 Å². The standard InChI is InChI=1S/C13H24O2/c1-2-3-5-8-12-11-13(15-14-12)9-6-4-7-10-13/h12H,2-11H2,1H3. The lowest BCUT2D eigenvalue weighted by molar-refractivity contribution is -0.331. The van der Waals surface area contributed by atoms with E-state index in [-0.39, 0.29) is 5.60 Å². The molecule has 15 heavy (non-hydrogen) atoms. The summed E-state index contributed by atoms with van der Waals surface area (Å²) in [5.74, 6) is 0. The zero-order chi connectivity index (χ0) is 10.6. The molecule has 1 spiro atoms. The lowest BCUT2D eigenvalue weighted by atomic mass is 9.81. The van der Waals surface area contributed by atoms with Gasteiger partial charge in [-0.3, -0.25) is 0 Å². The Bertz CT molecular complexity index is 183. The molecule has 2 fully saturated rings. The lowest BCUT2D eigenvalue weighted by Crippen LogP contribution is -2.30. The van der Waals surface area contributed by atoms with E-state index in [2.05, 4.69) is 6.92 Å². The Morgan fingerprint density at radius 3 is 2.67 bits per heavy atom. The van der Waals surface area contributed by atoms with E-state index in [9.17, 15) is 0 Å². The summed E-state index contributed by atoms with van der Waals surface area (Å²) in [4.78, 5) is 11.1. The topological polar surface area (TPSA) is 18.5 Å². The largest absolute Gasteiger partial charge is 0.233 e. The monoisotopic (exact) mass is 212 g/mol. The van der Waals surface area contributed by atoms with Crippen LogP contribution in [0.5, 0.6) is 0 Å². The minimum Gasteiger partial charge on any atom is -0.233 e. The molecule has 0 radical (unpaired) electrons. The molecule has 2 heteroatoms. The summed E-state index contributed by atoms with van der Waals surface area (Å²) in [6.07, 6.45) is 13.1. The summed E-state index contributed by atoms with van der Waals surface area (Å²) in [6.45, 7) is 2.24. The molecular weight excluding hydrogens is 188 g/mol. The van der Waals surface area contributed by atoms with E-state index < -0.39 is 0 Å². The van der Waals surface area contributed by atoms with Gasteiger partial charge >= 0.3 is 0 Å². The van der Waals surface area contributed by atoms with Gasteiger partial charge in [0.15, 0.2) is 0 Å². The Hall–Kier alpha value is -0.0800. The van der Waals surface area contributed by atoms with Gasteiger partial charge in [-0.05, 0) is 19.3 Å². The zero-order valence-corrected chi connectivity index (χ0v) is 9.96. The summed E-state index contributed by atoms with van der Waals surface area (Å²) >= 11 is 0. The molecule has 0 aromatic heterocycles. The predicted molar refractivity (Wildman–Crippen MR) is 60.5 cm³/mol. The fourth-order valence-electron chi connectivity index (χ4n) is 2.91. The molecule has 2 rings (SSSR count). The minimum absolute atomic E-state index is 0.120. The van der Waals surface area contributed by atoms with Crippen LogP contribution >= 0.6 is 0 Å². The van der Waals surface area contributed by atoms with Crippen molar-refractivity contribution in [3.05, 3.63) is 0 Å². The van der Waals surface area contributed by atoms with Crippen molar-refractivity contribution in [2.75, 3.05) is 0 Å². The third-order valence-corrected chi connectivity index (χ3v) is 3.86. The highest BCUT2D eigenvalue weighted by atomic mass is 17.2. The summed E-state index contributed by atoms with van der Waals surface area (Å²) < 4.78 is 0. The van der Waals surface area contributed by atoms with Gasteiger partial charge in [0.1, 0.15) is 5.60 Å². The van der Waals surface area contributed by atoms with Crippen LogP contribution in [-0.2, 0) is 9.78 Å². The molecule has 1 saturated carbocycles. The molecule has 1 aliphatic carbocycles.